The molecule has 100 valence electrons. The largest absolute Gasteiger partial charge is 0.481 e. The molecule has 1 heterocycles. The Hall–Kier alpha value is -1.76. The van der Waals surface area contributed by atoms with Crippen LogP contribution in [-0.2, 0) is 11.3 Å². The highest BCUT2D eigenvalue weighted by molar-refractivity contribution is 5.91. The van der Waals surface area contributed by atoms with Crippen LogP contribution in [0.4, 0.5) is 8.78 Å². The van der Waals surface area contributed by atoms with Crippen LogP contribution < -0.4 is 10.5 Å². The van der Waals surface area contributed by atoms with Crippen molar-refractivity contribution in [2.75, 3.05) is 13.7 Å². The lowest BCUT2D eigenvalue weighted by Crippen LogP contribution is -2.15. The summed E-state index contributed by atoms with van der Waals surface area (Å²) in [7, 11) is 1.22. The number of nitrogens with zero attached hydrogens (tertiary/aromatic N) is 1. The van der Waals surface area contributed by atoms with Crippen molar-refractivity contribution in [3.63, 3.8) is 0 Å². The minimum Gasteiger partial charge on any atom is -0.481 e. The SMILES string of the molecule is CCOC(=O)c1cnc(OC)c(C(F)F)c1CN. The average Bonchev–Trinajstić information content (AvgIpc) is 2.36. The Morgan fingerprint density at radius 1 is 1.56 bits per heavy atom. The maximum Gasteiger partial charge on any atom is 0.340 e. The van der Waals surface area contributed by atoms with E-state index < -0.39 is 18.0 Å². The molecule has 18 heavy (non-hydrogen) atoms. The molecule has 0 atom stereocenters. The summed E-state index contributed by atoms with van der Waals surface area (Å²) < 4.78 is 35.4. The van der Waals surface area contributed by atoms with Crippen LogP contribution >= 0.6 is 0 Å². The van der Waals surface area contributed by atoms with Gasteiger partial charge >= 0.3 is 5.97 Å². The molecule has 0 radical (unpaired) electrons. The monoisotopic (exact) mass is 260 g/mol. The number of pyridine rings is 1. The number of ether oxygens (including phenoxy) is 2. The standard InChI is InChI=1S/C11H14F2N2O3/c1-3-18-11(16)7-5-15-10(17-2)8(9(12)13)6(7)4-14/h5,9H,3-4,14H2,1-2H3. The molecule has 0 fully saturated rings. The second-order valence-corrected chi connectivity index (χ2v) is 3.30. The second kappa shape index (κ2) is 6.25. The topological polar surface area (TPSA) is 74.4 Å². The van der Waals surface area contributed by atoms with Crippen LogP contribution in [0.15, 0.2) is 6.20 Å². The Balaban J connectivity index is 3.37. The summed E-state index contributed by atoms with van der Waals surface area (Å²) >= 11 is 0. The molecule has 1 aromatic rings. The molecule has 0 aliphatic carbocycles. The summed E-state index contributed by atoms with van der Waals surface area (Å²) in [6.07, 6.45) is -1.70. The first kappa shape index (κ1) is 14.3. The molecule has 5 nitrogen and oxygen atoms in total. The fourth-order valence-corrected chi connectivity index (χ4v) is 1.54. The van der Waals surface area contributed by atoms with Crippen molar-refractivity contribution in [1.82, 2.24) is 4.98 Å². The molecule has 0 saturated carbocycles. The summed E-state index contributed by atoms with van der Waals surface area (Å²) in [6, 6.07) is 0. The number of hydrogen-bond acceptors (Lipinski definition) is 5. The highest BCUT2D eigenvalue weighted by Crippen LogP contribution is 2.32. The van der Waals surface area contributed by atoms with Gasteiger partial charge in [-0.2, -0.15) is 0 Å². The van der Waals surface area contributed by atoms with Crippen molar-refractivity contribution in [2.24, 2.45) is 5.73 Å². The van der Waals surface area contributed by atoms with Crippen LogP contribution in [0.3, 0.4) is 0 Å². The molecule has 0 unspecified atom stereocenters. The first-order valence-corrected chi connectivity index (χ1v) is 5.27. The molecule has 0 aliphatic rings. The second-order valence-electron chi connectivity index (χ2n) is 3.30. The third-order valence-corrected chi connectivity index (χ3v) is 2.30. The van der Waals surface area contributed by atoms with Crippen molar-refractivity contribution in [3.05, 3.63) is 22.9 Å². The van der Waals surface area contributed by atoms with Gasteiger partial charge in [0.2, 0.25) is 5.88 Å². The predicted octanol–water partition coefficient (Wildman–Crippen LogP) is 1.66. The fraction of sp³-hybridized carbons (Fsp3) is 0.455. The first-order chi connectivity index (χ1) is 8.56. The Bertz CT molecular complexity index is 439. The lowest BCUT2D eigenvalue weighted by molar-refractivity contribution is 0.0523. The van der Waals surface area contributed by atoms with E-state index in [-0.39, 0.29) is 30.2 Å². The molecule has 0 spiro atoms. The van der Waals surface area contributed by atoms with E-state index in [1.54, 1.807) is 6.92 Å². The Labute approximate surface area is 103 Å². The average molecular weight is 260 g/mol. The molecule has 0 aliphatic heterocycles. The number of alkyl halides is 2. The van der Waals surface area contributed by atoms with E-state index in [4.69, 9.17) is 15.2 Å². The molecule has 1 rings (SSSR count). The van der Waals surface area contributed by atoms with Crippen molar-refractivity contribution >= 4 is 5.97 Å². The third kappa shape index (κ3) is 2.73. The number of carbonyl (C=O) groups is 1. The van der Waals surface area contributed by atoms with Crippen molar-refractivity contribution in [1.29, 1.82) is 0 Å². The van der Waals surface area contributed by atoms with E-state index in [1.807, 2.05) is 0 Å². The first-order valence-electron chi connectivity index (χ1n) is 5.27. The van der Waals surface area contributed by atoms with E-state index in [0.29, 0.717) is 0 Å². The van der Waals surface area contributed by atoms with E-state index in [0.717, 1.165) is 6.20 Å². The van der Waals surface area contributed by atoms with Crippen LogP contribution in [0, 0.1) is 0 Å². The van der Waals surface area contributed by atoms with Gasteiger partial charge in [0.25, 0.3) is 6.43 Å². The van der Waals surface area contributed by atoms with Crippen LogP contribution in [0.25, 0.3) is 0 Å². The molecule has 0 saturated heterocycles. The van der Waals surface area contributed by atoms with Gasteiger partial charge in [-0.1, -0.05) is 0 Å². The normalized spacial score (nSPS) is 10.6. The number of methoxy groups -OCH3 is 1. The minimum atomic E-state index is -2.83. The van der Waals surface area contributed by atoms with E-state index >= 15 is 0 Å². The Morgan fingerprint density at radius 2 is 2.22 bits per heavy atom. The van der Waals surface area contributed by atoms with Crippen molar-refractivity contribution < 1.29 is 23.0 Å². The van der Waals surface area contributed by atoms with Gasteiger partial charge in [0.15, 0.2) is 0 Å². The highest BCUT2D eigenvalue weighted by atomic mass is 19.3. The molecule has 7 heteroatoms. The van der Waals surface area contributed by atoms with Crippen LogP contribution in [0.1, 0.15) is 34.8 Å². The number of nitrogens with two attached hydrogens (primary N) is 1. The van der Waals surface area contributed by atoms with Gasteiger partial charge in [0.05, 0.1) is 24.8 Å². The van der Waals surface area contributed by atoms with Gasteiger partial charge < -0.3 is 15.2 Å². The fourth-order valence-electron chi connectivity index (χ4n) is 1.54. The summed E-state index contributed by atoms with van der Waals surface area (Å²) in [5, 5.41) is 0. The van der Waals surface area contributed by atoms with Gasteiger partial charge in [-0.05, 0) is 12.5 Å². The number of carbonyl (C=O) groups excluding carboxylic acids is 1. The maximum absolute atomic E-state index is 13.0. The van der Waals surface area contributed by atoms with E-state index in [1.165, 1.54) is 7.11 Å². The van der Waals surface area contributed by atoms with Gasteiger partial charge in [-0.3, -0.25) is 0 Å². The molecule has 0 amide bonds. The van der Waals surface area contributed by atoms with Crippen LogP contribution in [0.5, 0.6) is 5.88 Å². The lowest BCUT2D eigenvalue weighted by atomic mass is 10.0. The van der Waals surface area contributed by atoms with E-state index in [9.17, 15) is 13.6 Å². The Kier molecular flexibility index (Phi) is 4.96. The minimum absolute atomic E-state index is 0.00435. The van der Waals surface area contributed by atoms with Crippen LogP contribution in [0.2, 0.25) is 0 Å². The van der Waals surface area contributed by atoms with Gasteiger partial charge in [0, 0.05) is 12.7 Å². The number of halogens is 2. The predicted molar refractivity (Wildman–Crippen MR) is 59.6 cm³/mol. The molecular weight excluding hydrogens is 246 g/mol. The third-order valence-electron chi connectivity index (χ3n) is 2.30. The number of rotatable bonds is 5. The van der Waals surface area contributed by atoms with Gasteiger partial charge in [-0.15, -0.1) is 0 Å². The summed E-state index contributed by atoms with van der Waals surface area (Å²) in [4.78, 5) is 15.3. The molecule has 0 bridgehead atoms. The van der Waals surface area contributed by atoms with Crippen molar-refractivity contribution in [3.8, 4) is 5.88 Å². The van der Waals surface area contributed by atoms with Gasteiger partial charge in [-0.25, -0.2) is 18.6 Å². The maximum atomic E-state index is 13.0. The number of esters is 1. The Morgan fingerprint density at radius 3 is 2.67 bits per heavy atom. The van der Waals surface area contributed by atoms with Gasteiger partial charge in [0.1, 0.15) is 0 Å². The zero-order chi connectivity index (χ0) is 13.7. The molecule has 1 aromatic heterocycles. The quantitative estimate of drug-likeness (QED) is 0.815. The molecule has 0 aromatic carbocycles. The molecule has 2 N–H and O–H groups in total. The lowest BCUT2D eigenvalue weighted by Gasteiger charge is -2.14. The van der Waals surface area contributed by atoms with Crippen molar-refractivity contribution in [2.45, 2.75) is 19.9 Å². The number of hydrogen-bond donors (Lipinski definition) is 1. The summed E-state index contributed by atoms with van der Waals surface area (Å²) in [5.74, 6) is -0.964. The summed E-state index contributed by atoms with van der Waals surface area (Å²) in [6.45, 7) is 1.52. The molecular formula is C11H14F2N2O3. The van der Waals surface area contributed by atoms with Crippen LogP contribution in [-0.4, -0.2) is 24.7 Å². The number of aromatic nitrogens is 1. The smallest absolute Gasteiger partial charge is 0.340 e. The zero-order valence-electron chi connectivity index (χ0n) is 10.1. The summed E-state index contributed by atoms with van der Waals surface area (Å²) in [5.41, 5.74) is 4.89. The zero-order valence-corrected chi connectivity index (χ0v) is 10.1. The van der Waals surface area contributed by atoms with E-state index in [2.05, 4.69) is 4.98 Å². The highest BCUT2D eigenvalue weighted by Gasteiger charge is 2.25.